The Morgan fingerprint density at radius 2 is 1.85 bits per heavy atom. The Morgan fingerprint density at radius 3 is 2.38 bits per heavy atom. The van der Waals surface area contributed by atoms with Crippen LogP contribution in [0.5, 0.6) is 0 Å². The summed E-state index contributed by atoms with van der Waals surface area (Å²) in [5.74, 6) is -0.199. The van der Waals surface area contributed by atoms with Gasteiger partial charge in [0.05, 0.1) is 12.2 Å². The van der Waals surface area contributed by atoms with E-state index in [4.69, 9.17) is 9.47 Å². The molecule has 2 heteroatoms. The molecule has 0 radical (unpaired) electrons. The molecule has 2 fully saturated rings. The molecule has 0 unspecified atom stereocenters. The van der Waals surface area contributed by atoms with E-state index >= 15 is 0 Å². The Bertz CT molecular complexity index is 163. The SMILES string of the molecule is CC(C)OC12CCCC(CCC1)O2. The maximum absolute atomic E-state index is 6.00. The molecule has 0 amide bonds. The van der Waals surface area contributed by atoms with Crippen LogP contribution in [0.1, 0.15) is 52.4 Å². The Labute approximate surface area is 80.6 Å². The second-order valence-corrected chi connectivity index (χ2v) is 4.60. The van der Waals surface area contributed by atoms with E-state index in [-0.39, 0.29) is 11.9 Å². The average Bonchev–Trinajstić information content (AvgIpc) is 2.02. The lowest BCUT2D eigenvalue weighted by atomic mass is 9.89. The van der Waals surface area contributed by atoms with Crippen LogP contribution in [-0.4, -0.2) is 18.0 Å². The van der Waals surface area contributed by atoms with Gasteiger partial charge in [0.2, 0.25) is 0 Å². The number of rotatable bonds is 2. The zero-order valence-corrected chi connectivity index (χ0v) is 8.71. The fourth-order valence-corrected chi connectivity index (χ4v) is 2.58. The summed E-state index contributed by atoms with van der Waals surface area (Å²) in [6.45, 7) is 4.19. The molecule has 2 nitrogen and oxygen atoms in total. The Kier molecular flexibility index (Phi) is 2.61. The van der Waals surface area contributed by atoms with Crippen molar-refractivity contribution < 1.29 is 9.47 Å². The molecule has 2 aliphatic rings. The van der Waals surface area contributed by atoms with Crippen LogP contribution in [0.2, 0.25) is 0 Å². The highest BCUT2D eigenvalue weighted by atomic mass is 16.7. The van der Waals surface area contributed by atoms with Crippen molar-refractivity contribution in [2.75, 3.05) is 0 Å². The first-order chi connectivity index (χ1) is 6.20. The highest BCUT2D eigenvalue weighted by Crippen LogP contribution is 2.40. The molecule has 2 aliphatic heterocycles. The van der Waals surface area contributed by atoms with Crippen LogP contribution in [0.3, 0.4) is 0 Å². The maximum atomic E-state index is 6.00. The zero-order chi connectivity index (χ0) is 9.31. The topological polar surface area (TPSA) is 18.5 Å². The third-order valence-electron chi connectivity index (χ3n) is 3.00. The lowest BCUT2D eigenvalue weighted by Gasteiger charge is -2.45. The van der Waals surface area contributed by atoms with Gasteiger partial charge < -0.3 is 9.47 Å². The van der Waals surface area contributed by atoms with Crippen molar-refractivity contribution in [2.45, 2.75) is 70.4 Å². The molecular formula is C11H20O2. The van der Waals surface area contributed by atoms with Crippen molar-refractivity contribution in [3.63, 3.8) is 0 Å². The molecule has 2 bridgehead atoms. The van der Waals surface area contributed by atoms with Gasteiger partial charge in [0.15, 0.2) is 5.79 Å². The molecule has 0 N–H and O–H groups in total. The molecule has 13 heavy (non-hydrogen) atoms. The Morgan fingerprint density at radius 1 is 1.23 bits per heavy atom. The summed E-state index contributed by atoms with van der Waals surface area (Å²) in [5.41, 5.74) is 0. The standard InChI is InChI=1S/C11H20O2/c1-9(2)12-11-7-3-5-10(13-11)6-4-8-11/h9-10H,3-8H2,1-2H3. The van der Waals surface area contributed by atoms with E-state index in [1.165, 1.54) is 25.7 Å². The molecule has 0 atom stereocenters. The molecule has 0 spiro atoms. The summed E-state index contributed by atoms with van der Waals surface area (Å²) in [6, 6.07) is 0. The van der Waals surface area contributed by atoms with Gasteiger partial charge in [-0.1, -0.05) is 0 Å². The van der Waals surface area contributed by atoms with Crippen LogP contribution in [0, 0.1) is 0 Å². The van der Waals surface area contributed by atoms with E-state index in [9.17, 15) is 0 Å². The summed E-state index contributed by atoms with van der Waals surface area (Å²) in [6.07, 6.45) is 8.00. The van der Waals surface area contributed by atoms with E-state index in [0.717, 1.165) is 12.8 Å². The summed E-state index contributed by atoms with van der Waals surface area (Å²) >= 11 is 0. The fourth-order valence-electron chi connectivity index (χ4n) is 2.58. The van der Waals surface area contributed by atoms with Crippen LogP contribution >= 0.6 is 0 Å². The molecule has 0 aromatic heterocycles. The van der Waals surface area contributed by atoms with Crippen molar-refractivity contribution in [3.05, 3.63) is 0 Å². The third-order valence-corrected chi connectivity index (χ3v) is 3.00. The van der Waals surface area contributed by atoms with Crippen LogP contribution in [-0.2, 0) is 9.47 Å². The second-order valence-electron chi connectivity index (χ2n) is 4.60. The van der Waals surface area contributed by atoms with Crippen molar-refractivity contribution in [3.8, 4) is 0 Å². The number of ether oxygens (including phenoxy) is 2. The molecule has 0 aromatic carbocycles. The molecule has 2 saturated heterocycles. The summed E-state index contributed by atoms with van der Waals surface area (Å²) < 4.78 is 11.9. The molecule has 0 saturated carbocycles. The minimum absolute atomic E-state index is 0.199. The van der Waals surface area contributed by atoms with E-state index in [0.29, 0.717) is 6.10 Å². The van der Waals surface area contributed by atoms with Gasteiger partial charge in [0.25, 0.3) is 0 Å². The lowest BCUT2D eigenvalue weighted by Crippen LogP contribution is -2.47. The van der Waals surface area contributed by atoms with Gasteiger partial charge in [0.1, 0.15) is 0 Å². The predicted octanol–water partition coefficient (Wildman–Crippen LogP) is 2.86. The van der Waals surface area contributed by atoms with Crippen LogP contribution < -0.4 is 0 Å². The van der Waals surface area contributed by atoms with Crippen molar-refractivity contribution >= 4 is 0 Å². The smallest absolute Gasteiger partial charge is 0.168 e. The van der Waals surface area contributed by atoms with Crippen molar-refractivity contribution in [1.29, 1.82) is 0 Å². The molecule has 2 heterocycles. The van der Waals surface area contributed by atoms with E-state index in [2.05, 4.69) is 13.8 Å². The maximum Gasteiger partial charge on any atom is 0.168 e. The van der Waals surface area contributed by atoms with E-state index in [1.54, 1.807) is 0 Å². The minimum atomic E-state index is -0.199. The Balaban J connectivity index is 2.01. The lowest BCUT2D eigenvalue weighted by molar-refractivity contribution is -0.311. The van der Waals surface area contributed by atoms with Gasteiger partial charge in [-0.05, 0) is 39.5 Å². The molecule has 76 valence electrons. The highest BCUT2D eigenvalue weighted by molar-refractivity contribution is 4.84. The van der Waals surface area contributed by atoms with E-state index < -0.39 is 0 Å². The summed E-state index contributed by atoms with van der Waals surface area (Å²) in [5, 5.41) is 0. The Hall–Kier alpha value is -0.0800. The fraction of sp³-hybridized carbons (Fsp3) is 1.00. The molecule has 2 rings (SSSR count). The molecule has 0 aliphatic carbocycles. The highest BCUT2D eigenvalue weighted by Gasteiger charge is 2.41. The third kappa shape index (κ3) is 2.05. The van der Waals surface area contributed by atoms with Gasteiger partial charge in [-0.25, -0.2) is 0 Å². The minimum Gasteiger partial charge on any atom is -0.347 e. The first-order valence-corrected chi connectivity index (χ1v) is 5.56. The zero-order valence-electron chi connectivity index (χ0n) is 8.71. The average molecular weight is 184 g/mol. The number of hydrogen-bond donors (Lipinski definition) is 0. The van der Waals surface area contributed by atoms with Gasteiger partial charge >= 0.3 is 0 Å². The van der Waals surface area contributed by atoms with Crippen molar-refractivity contribution in [1.82, 2.24) is 0 Å². The van der Waals surface area contributed by atoms with Crippen LogP contribution in [0.4, 0.5) is 0 Å². The van der Waals surface area contributed by atoms with Gasteiger partial charge in [-0.2, -0.15) is 0 Å². The van der Waals surface area contributed by atoms with Gasteiger partial charge in [-0.15, -0.1) is 0 Å². The second kappa shape index (κ2) is 3.58. The van der Waals surface area contributed by atoms with Gasteiger partial charge in [-0.3, -0.25) is 0 Å². The summed E-state index contributed by atoms with van der Waals surface area (Å²) in [4.78, 5) is 0. The quantitative estimate of drug-likeness (QED) is 0.657. The van der Waals surface area contributed by atoms with Crippen LogP contribution in [0.25, 0.3) is 0 Å². The monoisotopic (exact) mass is 184 g/mol. The summed E-state index contributed by atoms with van der Waals surface area (Å²) in [7, 11) is 0. The number of fused-ring (bicyclic) bond motifs is 2. The molecule has 0 aromatic rings. The first kappa shape index (κ1) is 9.47. The number of hydrogen-bond acceptors (Lipinski definition) is 2. The van der Waals surface area contributed by atoms with Crippen LogP contribution in [0.15, 0.2) is 0 Å². The van der Waals surface area contributed by atoms with Crippen molar-refractivity contribution in [2.24, 2.45) is 0 Å². The normalized spacial score (nSPS) is 39.5. The van der Waals surface area contributed by atoms with Gasteiger partial charge in [0, 0.05) is 12.8 Å². The molecular weight excluding hydrogens is 164 g/mol. The van der Waals surface area contributed by atoms with E-state index in [1.807, 2.05) is 0 Å². The largest absolute Gasteiger partial charge is 0.347 e. The first-order valence-electron chi connectivity index (χ1n) is 5.56. The predicted molar refractivity (Wildman–Crippen MR) is 51.5 cm³/mol.